The van der Waals surface area contributed by atoms with Gasteiger partial charge in [-0.15, -0.1) is 0 Å². The quantitative estimate of drug-likeness (QED) is 0.549. The van der Waals surface area contributed by atoms with Gasteiger partial charge in [-0.25, -0.2) is 8.42 Å². The first kappa shape index (κ1) is 20.9. The highest BCUT2D eigenvalue weighted by molar-refractivity contribution is 7.89. The molecule has 0 aromatic heterocycles. The first-order chi connectivity index (χ1) is 13.7. The van der Waals surface area contributed by atoms with Crippen molar-refractivity contribution in [3.05, 3.63) is 69.3 Å². The number of nitrogens with zero attached hydrogens (tertiary/aromatic N) is 3. The summed E-state index contributed by atoms with van der Waals surface area (Å²) in [5.74, 6) is -0.247. The Morgan fingerprint density at radius 1 is 1.07 bits per heavy atom. The number of aryl methyl sites for hydroxylation is 2. The van der Waals surface area contributed by atoms with E-state index < -0.39 is 14.9 Å². The maximum Gasteiger partial charge on any atom is 0.273 e. The van der Waals surface area contributed by atoms with Gasteiger partial charge in [-0.1, -0.05) is 30.3 Å². The summed E-state index contributed by atoms with van der Waals surface area (Å²) in [5, 5.41) is 11.1. The molecule has 0 bridgehead atoms. The number of rotatable bonds is 5. The van der Waals surface area contributed by atoms with Gasteiger partial charge < -0.3 is 4.90 Å². The minimum Gasteiger partial charge on any atom is -0.340 e. The summed E-state index contributed by atoms with van der Waals surface area (Å²) in [6, 6.07) is 11.5. The number of carbonyl (C=O) groups excluding carboxylic acids is 1. The molecule has 0 atom stereocenters. The number of amides is 1. The Hall–Kier alpha value is -2.78. The van der Waals surface area contributed by atoms with E-state index in [-0.39, 0.29) is 49.1 Å². The van der Waals surface area contributed by atoms with Crippen LogP contribution >= 0.6 is 0 Å². The summed E-state index contributed by atoms with van der Waals surface area (Å²) in [7, 11) is -3.64. The van der Waals surface area contributed by atoms with Crippen molar-refractivity contribution in [3.8, 4) is 0 Å². The zero-order valence-corrected chi connectivity index (χ0v) is 17.2. The van der Waals surface area contributed by atoms with Crippen molar-refractivity contribution in [2.45, 2.75) is 25.2 Å². The van der Waals surface area contributed by atoms with E-state index >= 15 is 0 Å². The minimum absolute atomic E-state index is 0.0824. The Morgan fingerprint density at radius 2 is 1.72 bits per heavy atom. The van der Waals surface area contributed by atoms with E-state index in [4.69, 9.17) is 0 Å². The third kappa shape index (κ3) is 4.46. The molecule has 3 rings (SSSR count). The molecule has 8 nitrogen and oxygen atoms in total. The van der Waals surface area contributed by atoms with E-state index in [1.54, 1.807) is 42.2 Å². The monoisotopic (exact) mass is 417 g/mol. The zero-order chi connectivity index (χ0) is 21.2. The van der Waals surface area contributed by atoms with Gasteiger partial charge in [0, 0.05) is 37.8 Å². The van der Waals surface area contributed by atoms with E-state index in [1.165, 1.54) is 10.4 Å². The van der Waals surface area contributed by atoms with Gasteiger partial charge in [0.25, 0.3) is 5.69 Å². The van der Waals surface area contributed by atoms with Crippen molar-refractivity contribution in [2.24, 2.45) is 0 Å². The van der Waals surface area contributed by atoms with Gasteiger partial charge in [-0.05, 0) is 31.0 Å². The Bertz CT molecular complexity index is 1040. The van der Waals surface area contributed by atoms with Gasteiger partial charge in [0.15, 0.2) is 0 Å². The molecule has 0 unspecified atom stereocenters. The summed E-state index contributed by atoms with van der Waals surface area (Å²) in [6.45, 7) is 4.50. The second-order valence-electron chi connectivity index (χ2n) is 7.12. The van der Waals surface area contributed by atoms with Crippen molar-refractivity contribution in [1.82, 2.24) is 9.21 Å². The van der Waals surface area contributed by atoms with E-state index in [0.717, 1.165) is 5.56 Å². The Morgan fingerprint density at radius 3 is 2.38 bits per heavy atom. The van der Waals surface area contributed by atoms with Crippen molar-refractivity contribution in [1.29, 1.82) is 0 Å². The van der Waals surface area contributed by atoms with Crippen LogP contribution in [0.25, 0.3) is 0 Å². The maximum atomic E-state index is 13.0. The van der Waals surface area contributed by atoms with Crippen LogP contribution in [0.4, 0.5) is 5.69 Å². The molecule has 2 aromatic rings. The van der Waals surface area contributed by atoms with Crippen LogP contribution in [-0.4, -0.2) is 54.6 Å². The van der Waals surface area contributed by atoms with Crippen LogP contribution in [0.1, 0.15) is 16.7 Å². The molecule has 1 fully saturated rings. The number of hydrogen-bond donors (Lipinski definition) is 0. The lowest BCUT2D eigenvalue weighted by molar-refractivity contribution is -0.385. The predicted molar refractivity (Wildman–Crippen MR) is 108 cm³/mol. The molecule has 0 saturated carbocycles. The van der Waals surface area contributed by atoms with Crippen molar-refractivity contribution in [3.63, 3.8) is 0 Å². The molecule has 0 aliphatic carbocycles. The lowest BCUT2D eigenvalue weighted by Crippen LogP contribution is -2.51. The average Bonchev–Trinajstić information content (AvgIpc) is 2.70. The minimum atomic E-state index is -3.64. The van der Waals surface area contributed by atoms with Crippen LogP contribution in [-0.2, 0) is 21.2 Å². The van der Waals surface area contributed by atoms with E-state index in [1.807, 2.05) is 13.0 Å². The highest BCUT2D eigenvalue weighted by atomic mass is 32.2. The normalized spacial score (nSPS) is 15.3. The average molecular weight is 417 g/mol. The highest BCUT2D eigenvalue weighted by Gasteiger charge is 2.31. The number of benzene rings is 2. The molecule has 9 heteroatoms. The van der Waals surface area contributed by atoms with Crippen molar-refractivity contribution >= 4 is 21.6 Å². The van der Waals surface area contributed by atoms with Crippen molar-refractivity contribution in [2.75, 3.05) is 26.2 Å². The van der Waals surface area contributed by atoms with Gasteiger partial charge >= 0.3 is 0 Å². The van der Waals surface area contributed by atoms with Gasteiger partial charge in [-0.2, -0.15) is 4.31 Å². The summed E-state index contributed by atoms with van der Waals surface area (Å²) in [5.41, 5.74) is 1.82. The van der Waals surface area contributed by atoms with E-state index in [9.17, 15) is 23.3 Å². The number of piperazine rings is 1. The molecule has 0 spiro atoms. The predicted octanol–water partition coefficient (Wildman–Crippen LogP) is 2.29. The second-order valence-corrected chi connectivity index (χ2v) is 9.02. The van der Waals surface area contributed by atoms with Crippen LogP contribution in [0.2, 0.25) is 0 Å². The molecule has 0 radical (unpaired) electrons. The van der Waals surface area contributed by atoms with Crippen LogP contribution in [0.5, 0.6) is 0 Å². The summed E-state index contributed by atoms with van der Waals surface area (Å²) >= 11 is 0. The highest BCUT2D eigenvalue weighted by Crippen LogP contribution is 2.23. The largest absolute Gasteiger partial charge is 0.340 e. The molecule has 1 heterocycles. The summed E-state index contributed by atoms with van der Waals surface area (Å²) in [4.78, 5) is 25.1. The molecule has 0 N–H and O–H groups in total. The van der Waals surface area contributed by atoms with Gasteiger partial charge in [0.05, 0.1) is 16.2 Å². The van der Waals surface area contributed by atoms with Crippen LogP contribution in [0.15, 0.2) is 47.4 Å². The van der Waals surface area contributed by atoms with Crippen LogP contribution in [0.3, 0.4) is 0 Å². The topological polar surface area (TPSA) is 101 Å². The second kappa shape index (κ2) is 8.30. The molecular formula is C20H23N3O5S. The Labute approximate surface area is 169 Å². The van der Waals surface area contributed by atoms with Gasteiger partial charge in [-0.3, -0.25) is 14.9 Å². The Balaban J connectivity index is 1.68. The molecule has 1 aliphatic heterocycles. The van der Waals surface area contributed by atoms with Crippen LogP contribution in [0, 0.1) is 24.0 Å². The fourth-order valence-corrected chi connectivity index (χ4v) is 5.15. The van der Waals surface area contributed by atoms with Crippen molar-refractivity contribution < 1.29 is 18.1 Å². The summed E-state index contributed by atoms with van der Waals surface area (Å²) < 4.78 is 27.4. The number of para-hydroxylation sites is 1. The number of nitro groups is 1. The number of carbonyl (C=O) groups is 1. The molecule has 2 aromatic carbocycles. The Kier molecular flexibility index (Phi) is 5.99. The van der Waals surface area contributed by atoms with E-state index in [0.29, 0.717) is 11.1 Å². The molecule has 154 valence electrons. The first-order valence-corrected chi connectivity index (χ1v) is 10.7. The standard InChI is InChI=1S/C20H23N3O5S/c1-15-7-8-16(2)19(13-15)29(27,28)22-11-9-21(10-12-22)20(24)14-17-5-3-4-6-18(17)23(25)26/h3-8,13H,9-12,14H2,1-2H3. The third-order valence-corrected chi connectivity index (χ3v) is 7.12. The molecule has 1 aliphatic rings. The fraction of sp³-hybridized carbons (Fsp3) is 0.350. The number of hydrogen-bond acceptors (Lipinski definition) is 5. The first-order valence-electron chi connectivity index (χ1n) is 9.27. The lowest BCUT2D eigenvalue weighted by Gasteiger charge is -2.34. The van der Waals surface area contributed by atoms with Gasteiger partial charge in [0.2, 0.25) is 15.9 Å². The fourth-order valence-electron chi connectivity index (χ4n) is 3.42. The zero-order valence-electron chi connectivity index (χ0n) is 16.4. The maximum absolute atomic E-state index is 13.0. The molecular weight excluding hydrogens is 394 g/mol. The molecule has 1 saturated heterocycles. The van der Waals surface area contributed by atoms with E-state index in [2.05, 4.69) is 0 Å². The SMILES string of the molecule is Cc1ccc(C)c(S(=O)(=O)N2CCN(C(=O)Cc3ccccc3[N+](=O)[O-])CC2)c1. The molecule has 29 heavy (non-hydrogen) atoms. The number of sulfonamides is 1. The smallest absolute Gasteiger partial charge is 0.273 e. The molecule has 1 amide bonds. The number of nitro benzene ring substituents is 1. The third-order valence-electron chi connectivity index (χ3n) is 5.08. The lowest BCUT2D eigenvalue weighted by atomic mass is 10.1. The van der Waals surface area contributed by atoms with Crippen LogP contribution < -0.4 is 0 Å². The van der Waals surface area contributed by atoms with Gasteiger partial charge in [0.1, 0.15) is 0 Å². The summed E-state index contributed by atoms with van der Waals surface area (Å²) in [6.07, 6.45) is -0.0824.